The Labute approximate surface area is 138 Å². The molecule has 23 heavy (non-hydrogen) atoms. The molecule has 7 heteroatoms. The van der Waals surface area contributed by atoms with Crippen LogP contribution in [0, 0.1) is 12.8 Å². The van der Waals surface area contributed by atoms with E-state index in [9.17, 15) is 13.2 Å². The Morgan fingerprint density at radius 1 is 1.35 bits per heavy atom. The van der Waals surface area contributed by atoms with E-state index in [1.54, 1.807) is 12.1 Å². The number of carbonyl (C=O) groups excluding carboxylic acids is 1. The number of benzene rings is 1. The Bertz CT molecular complexity index is 597. The summed E-state index contributed by atoms with van der Waals surface area (Å²) in [6, 6.07) is 5.93. The van der Waals surface area contributed by atoms with Crippen LogP contribution in [-0.4, -0.2) is 38.1 Å². The van der Waals surface area contributed by atoms with Crippen molar-refractivity contribution in [2.75, 3.05) is 13.2 Å². The van der Waals surface area contributed by atoms with Crippen LogP contribution in [0.3, 0.4) is 0 Å². The average Bonchev–Trinajstić information content (AvgIpc) is 2.47. The highest BCUT2D eigenvalue weighted by atomic mass is 32.2. The van der Waals surface area contributed by atoms with Gasteiger partial charge in [0, 0.05) is 0 Å². The number of esters is 1. The molecular formula is C16H25NO5S. The van der Waals surface area contributed by atoms with Crippen LogP contribution in [0.5, 0.6) is 0 Å². The molecule has 6 nitrogen and oxygen atoms in total. The van der Waals surface area contributed by atoms with Crippen molar-refractivity contribution >= 4 is 16.1 Å². The van der Waals surface area contributed by atoms with Crippen molar-refractivity contribution in [1.82, 2.24) is 5.32 Å². The molecule has 2 N–H and O–H groups in total. The summed E-state index contributed by atoms with van der Waals surface area (Å²) in [4.78, 5) is 11.2. The quantitative estimate of drug-likeness (QED) is 0.645. The van der Waals surface area contributed by atoms with Crippen LogP contribution in [0.4, 0.5) is 0 Å². The number of nitrogens with one attached hydrogen (secondary N) is 1. The fourth-order valence-electron chi connectivity index (χ4n) is 2.24. The van der Waals surface area contributed by atoms with Gasteiger partial charge in [0.2, 0.25) is 0 Å². The van der Waals surface area contributed by atoms with Gasteiger partial charge >= 0.3 is 5.97 Å². The zero-order valence-corrected chi connectivity index (χ0v) is 14.6. The maximum absolute atomic E-state index is 11.3. The molecule has 1 fully saturated rings. The van der Waals surface area contributed by atoms with Crippen LogP contribution in [0.15, 0.2) is 29.2 Å². The molecule has 1 heterocycles. The second kappa shape index (κ2) is 9.00. The monoisotopic (exact) mass is 343 g/mol. The van der Waals surface area contributed by atoms with Gasteiger partial charge in [-0.15, -0.1) is 0 Å². The van der Waals surface area contributed by atoms with Crippen molar-refractivity contribution in [3.63, 3.8) is 0 Å². The summed E-state index contributed by atoms with van der Waals surface area (Å²) in [5.74, 6) is 0.546. The zero-order valence-electron chi connectivity index (χ0n) is 13.8. The standard InChI is InChI=1S/C9H17NO2.C7H8O3S/c1-3-12-9(11)8-6-7(2)4-5-10-8;1-6-2-4-7(5-3-6)11(8,9)10/h7-8,10H,3-6H2,1-2H3;2-5H,1H3,(H,8,9,10). The summed E-state index contributed by atoms with van der Waals surface area (Å²) < 4.78 is 34.5. The molecule has 1 aromatic carbocycles. The minimum absolute atomic E-state index is 0.0614. The van der Waals surface area contributed by atoms with Crippen LogP contribution in [0.1, 0.15) is 32.3 Å². The van der Waals surface area contributed by atoms with Gasteiger partial charge in [0.1, 0.15) is 6.04 Å². The Morgan fingerprint density at radius 2 is 1.96 bits per heavy atom. The fourth-order valence-corrected chi connectivity index (χ4v) is 2.72. The third-order valence-corrected chi connectivity index (χ3v) is 4.42. The predicted octanol–water partition coefficient (Wildman–Crippen LogP) is 2.18. The normalized spacial score (nSPS) is 21.0. The van der Waals surface area contributed by atoms with Crippen LogP contribution in [0.25, 0.3) is 0 Å². The van der Waals surface area contributed by atoms with Crippen molar-refractivity contribution in [2.24, 2.45) is 5.92 Å². The van der Waals surface area contributed by atoms with E-state index in [2.05, 4.69) is 12.2 Å². The number of rotatable bonds is 3. The van der Waals surface area contributed by atoms with Gasteiger partial charge in [0.15, 0.2) is 0 Å². The Balaban J connectivity index is 0.000000231. The number of ether oxygens (including phenoxy) is 1. The Kier molecular flexibility index (Phi) is 7.67. The predicted molar refractivity (Wildman–Crippen MR) is 87.8 cm³/mol. The average molecular weight is 343 g/mol. The summed E-state index contributed by atoms with van der Waals surface area (Å²) in [6.07, 6.45) is 2.08. The van der Waals surface area contributed by atoms with E-state index in [0.717, 1.165) is 24.9 Å². The molecule has 1 aromatic rings. The van der Waals surface area contributed by atoms with Crippen molar-refractivity contribution < 1.29 is 22.5 Å². The second-order valence-electron chi connectivity index (χ2n) is 5.68. The lowest BCUT2D eigenvalue weighted by Crippen LogP contribution is -2.43. The maximum Gasteiger partial charge on any atom is 0.323 e. The third-order valence-electron chi connectivity index (χ3n) is 3.56. The molecular weight excluding hydrogens is 318 g/mol. The molecule has 0 radical (unpaired) electrons. The van der Waals surface area contributed by atoms with E-state index in [1.807, 2.05) is 13.8 Å². The third kappa shape index (κ3) is 7.11. The van der Waals surface area contributed by atoms with Gasteiger partial charge in [0.25, 0.3) is 10.1 Å². The van der Waals surface area contributed by atoms with Crippen molar-refractivity contribution in [2.45, 2.75) is 44.6 Å². The largest absolute Gasteiger partial charge is 0.465 e. The van der Waals surface area contributed by atoms with E-state index in [4.69, 9.17) is 9.29 Å². The van der Waals surface area contributed by atoms with Crippen LogP contribution < -0.4 is 5.32 Å². The topological polar surface area (TPSA) is 92.7 Å². The molecule has 1 aliphatic heterocycles. The van der Waals surface area contributed by atoms with E-state index in [1.165, 1.54) is 12.1 Å². The summed E-state index contributed by atoms with van der Waals surface area (Å²) >= 11 is 0. The number of carbonyl (C=O) groups is 1. The van der Waals surface area contributed by atoms with Gasteiger partial charge in [-0.1, -0.05) is 24.6 Å². The molecule has 2 atom stereocenters. The SMILES string of the molecule is CCOC(=O)C1CC(C)CCN1.Cc1ccc(S(=O)(=O)O)cc1. The van der Waals surface area contributed by atoms with Crippen molar-refractivity contribution in [3.05, 3.63) is 29.8 Å². The van der Waals surface area contributed by atoms with Crippen LogP contribution >= 0.6 is 0 Å². The molecule has 0 amide bonds. The highest BCUT2D eigenvalue weighted by Crippen LogP contribution is 2.15. The summed E-state index contributed by atoms with van der Waals surface area (Å²) in [7, 11) is -4.02. The zero-order chi connectivity index (χ0) is 17.5. The van der Waals surface area contributed by atoms with Gasteiger partial charge in [-0.2, -0.15) is 8.42 Å². The molecule has 0 bridgehead atoms. The number of hydrogen-bond acceptors (Lipinski definition) is 5. The van der Waals surface area contributed by atoms with Gasteiger partial charge in [-0.3, -0.25) is 9.35 Å². The number of piperidine rings is 1. The minimum atomic E-state index is -4.02. The Morgan fingerprint density at radius 3 is 2.43 bits per heavy atom. The van der Waals surface area contributed by atoms with Crippen LogP contribution in [0.2, 0.25) is 0 Å². The fraction of sp³-hybridized carbons (Fsp3) is 0.562. The van der Waals surface area contributed by atoms with Gasteiger partial charge in [-0.05, 0) is 51.3 Å². The second-order valence-corrected chi connectivity index (χ2v) is 7.10. The number of hydrogen-bond donors (Lipinski definition) is 2. The van der Waals surface area contributed by atoms with E-state index < -0.39 is 10.1 Å². The highest BCUT2D eigenvalue weighted by molar-refractivity contribution is 7.85. The van der Waals surface area contributed by atoms with Gasteiger partial charge < -0.3 is 10.1 Å². The summed E-state index contributed by atoms with van der Waals surface area (Å²) in [6.45, 7) is 7.26. The van der Waals surface area contributed by atoms with E-state index in [0.29, 0.717) is 12.5 Å². The molecule has 1 saturated heterocycles. The molecule has 0 saturated carbocycles. The first-order chi connectivity index (χ1) is 10.7. The minimum Gasteiger partial charge on any atom is -0.465 e. The molecule has 0 aromatic heterocycles. The first-order valence-electron chi connectivity index (χ1n) is 7.68. The van der Waals surface area contributed by atoms with Crippen molar-refractivity contribution in [3.8, 4) is 0 Å². The lowest BCUT2D eigenvalue weighted by Gasteiger charge is -2.26. The summed E-state index contributed by atoms with van der Waals surface area (Å²) in [5.41, 5.74) is 0.956. The Hall–Kier alpha value is -1.44. The lowest BCUT2D eigenvalue weighted by atomic mass is 9.94. The molecule has 130 valence electrons. The molecule has 0 aliphatic carbocycles. The molecule has 1 aliphatic rings. The lowest BCUT2D eigenvalue weighted by molar-refractivity contribution is -0.146. The van der Waals surface area contributed by atoms with Gasteiger partial charge in [-0.25, -0.2) is 0 Å². The molecule has 0 spiro atoms. The van der Waals surface area contributed by atoms with Crippen LogP contribution in [-0.2, 0) is 19.6 Å². The first-order valence-corrected chi connectivity index (χ1v) is 9.12. The highest BCUT2D eigenvalue weighted by Gasteiger charge is 2.25. The summed E-state index contributed by atoms with van der Waals surface area (Å²) in [5, 5.41) is 3.16. The van der Waals surface area contributed by atoms with Crippen molar-refractivity contribution in [1.29, 1.82) is 0 Å². The molecule has 2 unspecified atom stereocenters. The first kappa shape index (κ1) is 19.6. The maximum atomic E-state index is 11.3. The van der Waals surface area contributed by atoms with E-state index >= 15 is 0 Å². The number of aryl methyl sites for hydroxylation is 1. The van der Waals surface area contributed by atoms with E-state index in [-0.39, 0.29) is 16.9 Å². The smallest absolute Gasteiger partial charge is 0.323 e. The van der Waals surface area contributed by atoms with Gasteiger partial charge in [0.05, 0.1) is 11.5 Å². The molecule has 2 rings (SSSR count).